The van der Waals surface area contributed by atoms with Crippen LogP contribution in [0.2, 0.25) is 0 Å². The Morgan fingerprint density at radius 3 is 2.36 bits per heavy atom. The molecule has 2 aliphatic rings. The van der Waals surface area contributed by atoms with Gasteiger partial charge in [0.1, 0.15) is 0 Å². The van der Waals surface area contributed by atoms with E-state index in [-0.39, 0.29) is 11.7 Å². The van der Waals surface area contributed by atoms with Crippen molar-refractivity contribution >= 4 is 15.9 Å². The summed E-state index contributed by atoms with van der Waals surface area (Å²) in [7, 11) is -0.977. The van der Waals surface area contributed by atoms with E-state index >= 15 is 0 Å². The van der Waals surface area contributed by atoms with Crippen molar-refractivity contribution in [3.63, 3.8) is 0 Å². The first kappa shape index (κ1) is 17.7. The topological polar surface area (TPSA) is 60.9 Å². The van der Waals surface area contributed by atoms with E-state index in [0.29, 0.717) is 38.6 Å². The lowest BCUT2D eigenvalue weighted by Gasteiger charge is -2.35. The van der Waals surface area contributed by atoms with Crippen molar-refractivity contribution in [3.05, 3.63) is 0 Å². The van der Waals surface area contributed by atoms with Gasteiger partial charge < -0.3 is 9.80 Å². The Balaban J connectivity index is 1.75. The molecular weight excluding hydrogens is 302 g/mol. The van der Waals surface area contributed by atoms with Crippen molar-refractivity contribution in [2.75, 3.05) is 45.5 Å². The first-order valence-corrected chi connectivity index (χ1v) is 10.0. The Morgan fingerprint density at radius 2 is 1.77 bits per heavy atom. The van der Waals surface area contributed by atoms with Crippen molar-refractivity contribution in [3.8, 4) is 0 Å². The first-order valence-electron chi connectivity index (χ1n) is 8.40. The van der Waals surface area contributed by atoms with E-state index < -0.39 is 10.0 Å². The van der Waals surface area contributed by atoms with Crippen molar-refractivity contribution in [1.82, 2.24) is 14.1 Å². The monoisotopic (exact) mass is 331 g/mol. The maximum atomic E-state index is 12.3. The largest absolute Gasteiger partial charge is 0.340 e. The molecule has 0 aromatic heterocycles. The SMILES string of the molecule is CCS(=O)(=O)N1CCN(C(=O)CC[C@@H]2CCCCN2C)CC1. The quantitative estimate of drug-likeness (QED) is 0.746. The predicted octanol–water partition coefficient (Wildman–Crippen LogP) is 0.745. The van der Waals surface area contributed by atoms with Gasteiger partial charge in [0.05, 0.1) is 5.75 Å². The summed E-state index contributed by atoms with van der Waals surface area (Å²) in [5.41, 5.74) is 0. The number of piperidine rings is 1. The molecule has 2 rings (SSSR count). The molecule has 2 heterocycles. The molecule has 7 heteroatoms. The van der Waals surface area contributed by atoms with Crippen LogP contribution in [0.3, 0.4) is 0 Å². The van der Waals surface area contributed by atoms with Gasteiger partial charge in [-0.05, 0) is 39.8 Å². The summed E-state index contributed by atoms with van der Waals surface area (Å²) in [6.07, 6.45) is 5.20. The zero-order valence-electron chi connectivity index (χ0n) is 13.8. The van der Waals surface area contributed by atoms with Crippen molar-refractivity contribution in [2.24, 2.45) is 0 Å². The highest BCUT2D eigenvalue weighted by atomic mass is 32.2. The summed E-state index contributed by atoms with van der Waals surface area (Å²) in [6.45, 7) is 4.72. The Morgan fingerprint density at radius 1 is 1.09 bits per heavy atom. The fourth-order valence-electron chi connectivity index (χ4n) is 3.36. The molecule has 2 saturated heterocycles. The summed E-state index contributed by atoms with van der Waals surface area (Å²) < 4.78 is 25.1. The van der Waals surface area contributed by atoms with E-state index in [1.807, 2.05) is 4.90 Å². The molecule has 1 amide bonds. The molecule has 0 N–H and O–H groups in total. The second kappa shape index (κ2) is 7.75. The Hall–Kier alpha value is -0.660. The lowest BCUT2D eigenvalue weighted by atomic mass is 9.98. The minimum atomic E-state index is -3.12. The van der Waals surface area contributed by atoms with Crippen LogP contribution in [0.5, 0.6) is 0 Å². The zero-order valence-corrected chi connectivity index (χ0v) is 14.6. The summed E-state index contributed by atoms with van der Waals surface area (Å²) in [6, 6.07) is 0.527. The Kier molecular flexibility index (Phi) is 6.23. The van der Waals surface area contributed by atoms with E-state index in [1.54, 1.807) is 6.92 Å². The van der Waals surface area contributed by atoms with Gasteiger partial charge >= 0.3 is 0 Å². The van der Waals surface area contributed by atoms with Crippen LogP contribution in [0, 0.1) is 0 Å². The van der Waals surface area contributed by atoms with E-state index in [9.17, 15) is 13.2 Å². The van der Waals surface area contributed by atoms with Crippen LogP contribution in [-0.2, 0) is 14.8 Å². The number of piperazine rings is 1. The number of hydrogen-bond acceptors (Lipinski definition) is 4. The van der Waals surface area contributed by atoms with E-state index in [4.69, 9.17) is 0 Å². The summed E-state index contributed by atoms with van der Waals surface area (Å²) in [5, 5.41) is 0. The molecule has 0 aromatic carbocycles. The van der Waals surface area contributed by atoms with Gasteiger partial charge in [0.15, 0.2) is 0 Å². The highest BCUT2D eigenvalue weighted by Crippen LogP contribution is 2.20. The number of hydrogen-bond donors (Lipinski definition) is 0. The summed E-state index contributed by atoms with van der Waals surface area (Å²) in [4.78, 5) is 16.5. The average Bonchev–Trinajstić information content (AvgIpc) is 2.54. The van der Waals surface area contributed by atoms with E-state index in [0.717, 1.165) is 13.0 Å². The van der Waals surface area contributed by atoms with Gasteiger partial charge in [0.2, 0.25) is 15.9 Å². The number of sulfonamides is 1. The minimum absolute atomic E-state index is 0.134. The van der Waals surface area contributed by atoms with Crippen molar-refractivity contribution in [1.29, 1.82) is 0 Å². The number of rotatable bonds is 5. The molecule has 2 fully saturated rings. The van der Waals surface area contributed by atoms with Gasteiger partial charge in [-0.1, -0.05) is 6.42 Å². The number of nitrogens with zero attached hydrogens (tertiary/aromatic N) is 3. The molecule has 6 nitrogen and oxygen atoms in total. The number of amides is 1. The fourth-order valence-corrected chi connectivity index (χ4v) is 4.44. The molecule has 1 atom stereocenters. The molecule has 0 spiro atoms. The van der Waals surface area contributed by atoms with Crippen LogP contribution >= 0.6 is 0 Å². The Labute approximate surface area is 134 Å². The van der Waals surface area contributed by atoms with Crippen LogP contribution in [0.4, 0.5) is 0 Å². The fraction of sp³-hybridized carbons (Fsp3) is 0.933. The predicted molar refractivity (Wildman–Crippen MR) is 87.1 cm³/mol. The van der Waals surface area contributed by atoms with Crippen LogP contribution < -0.4 is 0 Å². The molecular formula is C15H29N3O3S. The first-order chi connectivity index (χ1) is 10.4. The normalized spacial score (nSPS) is 25.4. The van der Waals surface area contributed by atoms with Gasteiger partial charge in [-0.25, -0.2) is 8.42 Å². The zero-order chi connectivity index (χ0) is 16.2. The van der Waals surface area contributed by atoms with Crippen LogP contribution in [0.15, 0.2) is 0 Å². The average molecular weight is 331 g/mol. The third-order valence-corrected chi connectivity index (χ3v) is 6.84. The second-order valence-electron chi connectivity index (χ2n) is 6.35. The maximum Gasteiger partial charge on any atom is 0.222 e. The molecule has 2 aliphatic heterocycles. The third kappa shape index (κ3) is 4.43. The molecule has 22 heavy (non-hydrogen) atoms. The number of carbonyl (C=O) groups is 1. The third-order valence-electron chi connectivity index (χ3n) is 4.96. The highest BCUT2D eigenvalue weighted by molar-refractivity contribution is 7.89. The molecule has 0 unspecified atom stereocenters. The van der Waals surface area contributed by atoms with Crippen molar-refractivity contribution in [2.45, 2.75) is 45.1 Å². The minimum Gasteiger partial charge on any atom is -0.340 e. The Bertz CT molecular complexity index is 472. The molecule has 0 aromatic rings. The molecule has 0 saturated carbocycles. The molecule has 0 bridgehead atoms. The van der Waals surface area contributed by atoms with Crippen LogP contribution in [0.25, 0.3) is 0 Å². The van der Waals surface area contributed by atoms with Crippen LogP contribution in [-0.4, -0.2) is 80.0 Å². The van der Waals surface area contributed by atoms with Gasteiger partial charge in [-0.2, -0.15) is 4.31 Å². The molecule has 128 valence electrons. The van der Waals surface area contributed by atoms with Gasteiger partial charge in [-0.15, -0.1) is 0 Å². The lowest BCUT2D eigenvalue weighted by Crippen LogP contribution is -2.51. The standard InChI is InChI=1S/C15H29N3O3S/c1-3-22(20,21)18-12-10-17(11-13-18)15(19)8-7-14-6-4-5-9-16(14)2/h14H,3-13H2,1-2H3/t14-/m0/s1. The van der Waals surface area contributed by atoms with Gasteiger partial charge in [0.25, 0.3) is 0 Å². The van der Waals surface area contributed by atoms with E-state index in [1.165, 1.54) is 23.6 Å². The number of likely N-dealkylation sites (tertiary alicyclic amines) is 1. The number of carbonyl (C=O) groups excluding carboxylic acids is 1. The summed E-state index contributed by atoms with van der Waals surface area (Å²) >= 11 is 0. The second-order valence-corrected chi connectivity index (χ2v) is 8.61. The maximum absolute atomic E-state index is 12.3. The van der Waals surface area contributed by atoms with Crippen molar-refractivity contribution < 1.29 is 13.2 Å². The van der Waals surface area contributed by atoms with Gasteiger partial charge in [-0.3, -0.25) is 4.79 Å². The lowest BCUT2D eigenvalue weighted by molar-refractivity contribution is -0.132. The molecule has 0 radical (unpaired) electrons. The van der Waals surface area contributed by atoms with E-state index in [2.05, 4.69) is 11.9 Å². The van der Waals surface area contributed by atoms with Gasteiger partial charge in [0, 0.05) is 38.6 Å². The summed E-state index contributed by atoms with van der Waals surface area (Å²) in [5.74, 6) is 0.308. The van der Waals surface area contributed by atoms with Crippen LogP contribution in [0.1, 0.15) is 39.0 Å². The smallest absolute Gasteiger partial charge is 0.222 e. The highest BCUT2D eigenvalue weighted by Gasteiger charge is 2.28. The molecule has 0 aliphatic carbocycles.